The Morgan fingerprint density at radius 3 is 1.77 bits per heavy atom. The van der Waals surface area contributed by atoms with Crippen molar-refractivity contribution in [3.63, 3.8) is 0 Å². The Kier molecular flexibility index (Phi) is 5.08. The van der Waals surface area contributed by atoms with Gasteiger partial charge in [0.1, 0.15) is 0 Å². The number of hydrogen-bond acceptors (Lipinski definition) is 5. The van der Waals surface area contributed by atoms with Crippen molar-refractivity contribution in [2.45, 2.75) is 25.9 Å². The summed E-state index contributed by atoms with van der Waals surface area (Å²) in [6.07, 6.45) is 8.86. The quantitative estimate of drug-likeness (QED) is 0.434. The maximum atomic E-state index is 13.0. The summed E-state index contributed by atoms with van der Waals surface area (Å²) >= 11 is 3.46. The molecule has 7 heteroatoms. The van der Waals surface area contributed by atoms with Crippen LogP contribution in [0.3, 0.4) is 0 Å². The van der Waals surface area contributed by atoms with E-state index in [1.165, 1.54) is 9.75 Å². The van der Waals surface area contributed by atoms with Gasteiger partial charge in [0.05, 0.1) is 0 Å². The number of ketones is 1. The summed E-state index contributed by atoms with van der Waals surface area (Å²) < 4.78 is 3.83. The normalized spacial score (nSPS) is 11.1. The van der Waals surface area contributed by atoms with Crippen molar-refractivity contribution in [1.82, 2.24) is 19.1 Å². The van der Waals surface area contributed by atoms with E-state index in [-0.39, 0.29) is 5.78 Å². The van der Waals surface area contributed by atoms with Gasteiger partial charge in [-0.25, -0.2) is 9.97 Å². The third-order valence-electron chi connectivity index (χ3n) is 4.20. The molecule has 5 nitrogen and oxygen atoms in total. The van der Waals surface area contributed by atoms with Gasteiger partial charge in [0.15, 0.2) is 11.6 Å². The lowest BCUT2D eigenvalue weighted by Crippen LogP contribution is -2.17. The number of imidazole rings is 2. The van der Waals surface area contributed by atoms with Crippen LogP contribution in [-0.2, 0) is 25.9 Å². The molecule has 0 aliphatic carbocycles. The summed E-state index contributed by atoms with van der Waals surface area (Å²) in [6, 6.07) is 8.31. The zero-order valence-electron chi connectivity index (χ0n) is 14.1. The summed E-state index contributed by atoms with van der Waals surface area (Å²) in [5.74, 6) is 0.771. The minimum absolute atomic E-state index is 0.127. The Hall–Kier alpha value is -2.51. The molecular formula is C19H18N4OS2. The van der Waals surface area contributed by atoms with E-state index in [0.29, 0.717) is 11.6 Å². The molecule has 0 amide bonds. The number of rotatable bonds is 8. The Labute approximate surface area is 159 Å². The molecule has 0 radical (unpaired) electrons. The van der Waals surface area contributed by atoms with E-state index in [1.54, 1.807) is 35.1 Å². The molecule has 0 saturated carbocycles. The molecule has 26 heavy (non-hydrogen) atoms. The highest BCUT2D eigenvalue weighted by atomic mass is 32.1. The highest BCUT2D eigenvalue weighted by Crippen LogP contribution is 2.14. The van der Waals surface area contributed by atoms with Gasteiger partial charge in [0.2, 0.25) is 0 Å². The Bertz CT molecular complexity index is 889. The molecule has 0 aromatic carbocycles. The van der Waals surface area contributed by atoms with Crippen molar-refractivity contribution in [1.29, 1.82) is 0 Å². The average molecular weight is 383 g/mol. The standard InChI is InChI=1S/C19H18N4OS2/c24-17(18-20-7-11-22(18)9-5-15-3-1-13-25-15)19-21-8-12-23(19)10-6-16-4-2-14-26-16/h1-4,7-8,11-14H,5-6,9-10H2. The molecule has 4 aromatic rings. The van der Waals surface area contributed by atoms with Crippen molar-refractivity contribution in [3.8, 4) is 0 Å². The zero-order chi connectivity index (χ0) is 17.8. The molecule has 0 aliphatic rings. The lowest BCUT2D eigenvalue weighted by molar-refractivity contribution is 0.101. The molecule has 0 spiro atoms. The van der Waals surface area contributed by atoms with Crippen LogP contribution >= 0.6 is 22.7 Å². The van der Waals surface area contributed by atoms with Gasteiger partial charge in [-0.3, -0.25) is 4.79 Å². The molecule has 0 unspecified atom stereocenters. The molecule has 0 atom stereocenters. The van der Waals surface area contributed by atoms with Crippen molar-refractivity contribution in [2.75, 3.05) is 0 Å². The van der Waals surface area contributed by atoms with Crippen LogP contribution in [0, 0.1) is 0 Å². The number of thiophene rings is 2. The highest BCUT2D eigenvalue weighted by Gasteiger charge is 2.20. The number of nitrogens with zero attached hydrogens (tertiary/aromatic N) is 4. The molecule has 4 heterocycles. The molecule has 0 bridgehead atoms. The van der Waals surface area contributed by atoms with Gasteiger partial charge in [0.25, 0.3) is 5.78 Å². The van der Waals surface area contributed by atoms with E-state index in [1.807, 2.05) is 33.7 Å². The van der Waals surface area contributed by atoms with Crippen LogP contribution in [0.2, 0.25) is 0 Å². The predicted octanol–water partition coefficient (Wildman–Crippen LogP) is 3.92. The second-order valence-electron chi connectivity index (χ2n) is 5.88. The Balaban J connectivity index is 1.48. The minimum atomic E-state index is -0.127. The molecule has 4 aromatic heterocycles. The number of aryl methyl sites for hydroxylation is 4. The molecule has 4 rings (SSSR count). The first-order valence-electron chi connectivity index (χ1n) is 8.43. The van der Waals surface area contributed by atoms with Crippen molar-refractivity contribution in [2.24, 2.45) is 0 Å². The highest BCUT2D eigenvalue weighted by molar-refractivity contribution is 7.10. The van der Waals surface area contributed by atoms with Crippen molar-refractivity contribution in [3.05, 3.63) is 81.2 Å². The number of carbonyl (C=O) groups is 1. The maximum Gasteiger partial charge on any atom is 0.263 e. The van der Waals surface area contributed by atoms with Crippen LogP contribution in [-0.4, -0.2) is 24.9 Å². The summed E-state index contributed by atoms with van der Waals surface area (Å²) in [5, 5.41) is 4.14. The molecule has 0 fully saturated rings. The smallest absolute Gasteiger partial charge is 0.263 e. The van der Waals surface area contributed by atoms with Gasteiger partial charge in [0, 0.05) is 47.6 Å². The first-order valence-corrected chi connectivity index (χ1v) is 10.2. The first-order chi connectivity index (χ1) is 12.8. The van der Waals surface area contributed by atoms with E-state index in [9.17, 15) is 4.79 Å². The van der Waals surface area contributed by atoms with E-state index >= 15 is 0 Å². The van der Waals surface area contributed by atoms with Gasteiger partial charge in [-0.2, -0.15) is 0 Å². The third-order valence-corrected chi connectivity index (χ3v) is 6.07. The van der Waals surface area contributed by atoms with Crippen molar-refractivity contribution >= 4 is 28.5 Å². The largest absolute Gasteiger partial charge is 0.328 e. The second-order valence-corrected chi connectivity index (χ2v) is 7.94. The fourth-order valence-electron chi connectivity index (χ4n) is 2.87. The monoisotopic (exact) mass is 382 g/mol. The topological polar surface area (TPSA) is 52.7 Å². The van der Waals surface area contributed by atoms with Crippen molar-refractivity contribution < 1.29 is 4.79 Å². The van der Waals surface area contributed by atoms with Crippen LogP contribution in [0.4, 0.5) is 0 Å². The predicted molar refractivity (Wildman–Crippen MR) is 104 cm³/mol. The van der Waals surface area contributed by atoms with Crippen LogP contribution in [0.15, 0.2) is 59.8 Å². The lowest BCUT2D eigenvalue weighted by atomic mass is 10.3. The number of carbonyl (C=O) groups excluding carboxylic acids is 1. The minimum Gasteiger partial charge on any atom is -0.328 e. The zero-order valence-corrected chi connectivity index (χ0v) is 15.7. The molecular weight excluding hydrogens is 364 g/mol. The molecule has 0 saturated heterocycles. The van der Waals surface area contributed by atoms with Gasteiger partial charge in [-0.15, -0.1) is 22.7 Å². The number of hydrogen-bond donors (Lipinski definition) is 0. The fraction of sp³-hybridized carbons (Fsp3) is 0.211. The van der Waals surface area contributed by atoms with Crippen LogP contribution in [0.25, 0.3) is 0 Å². The van der Waals surface area contributed by atoms with E-state index in [4.69, 9.17) is 0 Å². The maximum absolute atomic E-state index is 13.0. The Morgan fingerprint density at radius 2 is 1.35 bits per heavy atom. The van der Waals surface area contributed by atoms with E-state index < -0.39 is 0 Å². The molecule has 0 N–H and O–H groups in total. The van der Waals surface area contributed by atoms with Gasteiger partial charge >= 0.3 is 0 Å². The second kappa shape index (κ2) is 7.80. The average Bonchev–Trinajstić information content (AvgIpc) is 3.46. The van der Waals surface area contributed by atoms with E-state index in [2.05, 4.69) is 32.9 Å². The van der Waals surface area contributed by atoms with Crippen LogP contribution in [0.1, 0.15) is 26.2 Å². The molecule has 0 aliphatic heterocycles. The summed E-state index contributed by atoms with van der Waals surface area (Å²) in [6.45, 7) is 1.47. The van der Waals surface area contributed by atoms with Crippen LogP contribution in [0.5, 0.6) is 0 Å². The summed E-state index contributed by atoms with van der Waals surface area (Å²) in [7, 11) is 0. The lowest BCUT2D eigenvalue weighted by Gasteiger charge is -2.08. The van der Waals surface area contributed by atoms with Gasteiger partial charge in [-0.1, -0.05) is 12.1 Å². The van der Waals surface area contributed by atoms with Crippen LogP contribution < -0.4 is 0 Å². The third kappa shape index (κ3) is 3.68. The van der Waals surface area contributed by atoms with Gasteiger partial charge < -0.3 is 9.13 Å². The summed E-state index contributed by atoms with van der Waals surface area (Å²) in [5.41, 5.74) is 0. The Morgan fingerprint density at radius 1 is 0.846 bits per heavy atom. The fourth-order valence-corrected chi connectivity index (χ4v) is 4.26. The SMILES string of the molecule is O=C(c1nccn1CCc1cccs1)c1nccn1CCc1cccs1. The summed E-state index contributed by atoms with van der Waals surface area (Å²) in [4.78, 5) is 24.1. The van der Waals surface area contributed by atoms with Gasteiger partial charge in [-0.05, 0) is 35.7 Å². The first kappa shape index (κ1) is 16.9. The van der Waals surface area contributed by atoms with E-state index in [0.717, 1.165) is 25.9 Å². The molecule has 132 valence electrons. The number of aromatic nitrogens is 4.